The average molecular weight is 181 g/mol. The molecule has 13 heavy (non-hydrogen) atoms. The maximum Gasteiger partial charge on any atom is 0.330 e. The highest BCUT2D eigenvalue weighted by atomic mass is 16.5. The Morgan fingerprint density at radius 1 is 1.69 bits per heavy atom. The molecular weight excluding hydrogens is 168 g/mol. The fourth-order valence-electron chi connectivity index (χ4n) is 1.05. The lowest BCUT2D eigenvalue weighted by Gasteiger charge is -1.88. The molecule has 70 valence electrons. The largest absolute Gasteiger partial charge is 0.466 e. The minimum Gasteiger partial charge on any atom is -0.466 e. The zero-order valence-electron chi connectivity index (χ0n) is 8.02. The number of methoxy groups -OCH3 is 1. The van der Waals surface area contributed by atoms with Crippen LogP contribution in [0.25, 0.3) is 6.08 Å². The van der Waals surface area contributed by atoms with E-state index in [2.05, 4.69) is 4.74 Å². The molecule has 4 heteroatoms. The number of nitrogens with zero attached hydrogens (tertiary/aromatic N) is 2. The van der Waals surface area contributed by atoms with Crippen molar-refractivity contribution in [3.63, 3.8) is 0 Å². The summed E-state index contributed by atoms with van der Waals surface area (Å²) in [7, 11) is 5.20. The topological polar surface area (TPSA) is 35.1 Å². The van der Waals surface area contributed by atoms with Crippen LogP contribution in [0.4, 0.5) is 0 Å². The van der Waals surface area contributed by atoms with Gasteiger partial charge in [-0.3, -0.25) is 0 Å². The number of hydrogen-bond acceptors (Lipinski definition) is 2. The summed E-state index contributed by atoms with van der Waals surface area (Å²) in [5.74, 6) is -0.344. The molecule has 1 aromatic rings. The summed E-state index contributed by atoms with van der Waals surface area (Å²) in [5.41, 5.74) is 0.952. The first kappa shape index (κ1) is 9.51. The van der Waals surface area contributed by atoms with Gasteiger partial charge in [0.15, 0.2) is 5.69 Å². The van der Waals surface area contributed by atoms with E-state index in [-0.39, 0.29) is 5.97 Å². The first-order valence-electron chi connectivity index (χ1n) is 3.91. The predicted octanol–water partition coefficient (Wildman–Crippen LogP) is 0.0358. The minimum atomic E-state index is -0.344. The van der Waals surface area contributed by atoms with E-state index in [0.717, 1.165) is 5.69 Å². The van der Waals surface area contributed by atoms with Crippen LogP contribution in [0, 0.1) is 0 Å². The van der Waals surface area contributed by atoms with Gasteiger partial charge in [-0.15, -0.1) is 0 Å². The summed E-state index contributed by atoms with van der Waals surface area (Å²) >= 11 is 0. The fourth-order valence-corrected chi connectivity index (χ4v) is 1.05. The van der Waals surface area contributed by atoms with Crippen LogP contribution in [0.3, 0.4) is 0 Å². The highest BCUT2D eigenvalue weighted by Crippen LogP contribution is 1.97. The smallest absolute Gasteiger partial charge is 0.330 e. The number of esters is 1. The maximum atomic E-state index is 10.8. The van der Waals surface area contributed by atoms with E-state index in [0.29, 0.717) is 0 Å². The summed E-state index contributed by atoms with van der Waals surface area (Å²) in [5, 5.41) is 0. The van der Waals surface area contributed by atoms with Crippen LogP contribution >= 0.6 is 0 Å². The standard InChI is InChI=1S/C9H13N2O2/c1-10-6-8(11(2)7-10)4-5-9(12)13-3/h4-7H,1-3H3/q+1/b5-4+. The SMILES string of the molecule is COC(=O)/C=C/c1c[n+](C)cn1C. The van der Waals surface area contributed by atoms with Crippen molar-refractivity contribution in [1.82, 2.24) is 4.57 Å². The molecule has 0 aromatic carbocycles. The third-order valence-electron chi connectivity index (χ3n) is 1.69. The second-order valence-corrected chi connectivity index (χ2v) is 2.80. The zero-order chi connectivity index (χ0) is 9.84. The molecule has 4 nitrogen and oxygen atoms in total. The Labute approximate surface area is 77.1 Å². The summed E-state index contributed by atoms with van der Waals surface area (Å²) in [6.07, 6.45) is 6.94. The number of hydrogen-bond donors (Lipinski definition) is 0. The van der Waals surface area contributed by atoms with Crippen molar-refractivity contribution >= 4 is 12.0 Å². The van der Waals surface area contributed by atoms with Crippen LogP contribution in [0.5, 0.6) is 0 Å². The molecule has 0 aliphatic carbocycles. The van der Waals surface area contributed by atoms with Crippen LogP contribution in [-0.4, -0.2) is 17.6 Å². The van der Waals surface area contributed by atoms with E-state index in [1.54, 1.807) is 6.08 Å². The van der Waals surface area contributed by atoms with E-state index in [4.69, 9.17) is 0 Å². The van der Waals surface area contributed by atoms with Crippen LogP contribution in [0.2, 0.25) is 0 Å². The Morgan fingerprint density at radius 3 is 2.85 bits per heavy atom. The molecule has 0 spiro atoms. The fraction of sp³-hybridized carbons (Fsp3) is 0.333. The zero-order valence-corrected chi connectivity index (χ0v) is 8.02. The molecule has 0 amide bonds. The van der Waals surface area contributed by atoms with Gasteiger partial charge >= 0.3 is 5.97 Å². The third kappa shape index (κ3) is 2.43. The van der Waals surface area contributed by atoms with Gasteiger partial charge in [0.1, 0.15) is 6.20 Å². The monoisotopic (exact) mass is 181 g/mol. The molecule has 1 aromatic heterocycles. The quantitative estimate of drug-likeness (QED) is 0.367. The van der Waals surface area contributed by atoms with Gasteiger partial charge in [0.25, 0.3) is 0 Å². The normalized spacial score (nSPS) is 10.7. The first-order valence-corrected chi connectivity index (χ1v) is 3.91. The van der Waals surface area contributed by atoms with Crippen molar-refractivity contribution in [2.24, 2.45) is 14.1 Å². The molecule has 0 saturated carbocycles. The molecule has 0 atom stereocenters. The lowest BCUT2D eigenvalue weighted by Crippen LogP contribution is -2.23. The number of aromatic nitrogens is 2. The van der Waals surface area contributed by atoms with Crippen LogP contribution < -0.4 is 4.57 Å². The van der Waals surface area contributed by atoms with Gasteiger partial charge in [0.05, 0.1) is 21.2 Å². The number of carbonyl (C=O) groups excluding carboxylic acids is 1. The second-order valence-electron chi connectivity index (χ2n) is 2.80. The Kier molecular flexibility index (Phi) is 2.84. The minimum absolute atomic E-state index is 0.344. The highest BCUT2D eigenvalue weighted by Gasteiger charge is 2.03. The van der Waals surface area contributed by atoms with Crippen molar-refractivity contribution in [2.45, 2.75) is 0 Å². The summed E-state index contributed by atoms with van der Waals surface area (Å²) in [4.78, 5) is 10.8. The molecule has 1 rings (SSSR count). The Morgan fingerprint density at radius 2 is 2.38 bits per heavy atom. The van der Waals surface area contributed by atoms with Crippen LogP contribution in [0.15, 0.2) is 18.6 Å². The summed E-state index contributed by atoms with van der Waals surface area (Å²) in [6.45, 7) is 0. The average Bonchev–Trinajstić information content (AvgIpc) is 2.41. The number of aryl methyl sites for hydroxylation is 2. The molecule has 0 N–H and O–H groups in total. The number of carbonyl (C=O) groups is 1. The molecule has 1 heterocycles. The molecule has 0 saturated heterocycles. The van der Waals surface area contributed by atoms with E-state index < -0.39 is 0 Å². The van der Waals surface area contributed by atoms with Crippen LogP contribution in [0.1, 0.15) is 5.69 Å². The molecule has 0 unspecified atom stereocenters. The Balaban J connectivity index is 2.79. The van der Waals surface area contributed by atoms with Gasteiger partial charge in [-0.05, 0) is 6.08 Å². The molecule has 0 aliphatic rings. The maximum absolute atomic E-state index is 10.8. The van der Waals surface area contributed by atoms with Gasteiger partial charge in [-0.2, -0.15) is 0 Å². The van der Waals surface area contributed by atoms with Crippen molar-refractivity contribution in [3.8, 4) is 0 Å². The predicted molar refractivity (Wildman–Crippen MR) is 47.6 cm³/mol. The summed E-state index contributed by atoms with van der Waals surface area (Å²) < 4.78 is 8.31. The Hall–Kier alpha value is -1.58. The van der Waals surface area contributed by atoms with Gasteiger partial charge < -0.3 is 4.74 Å². The lowest BCUT2D eigenvalue weighted by atomic mass is 10.4. The number of ether oxygens (including phenoxy) is 1. The van der Waals surface area contributed by atoms with Gasteiger partial charge in [-0.25, -0.2) is 13.9 Å². The number of rotatable bonds is 2. The van der Waals surface area contributed by atoms with E-state index in [1.165, 1.54) is 13.2 Å². The molecule has 0 aliphatic heterocycles. The van der Waals surface area contributed by atoms with Crippen molar-refractivity contribution in [3.05, 3.63) is 24.3 Å². The molecule has 0 radical (unpaired) electrons. The molecule has 0 fully saturated rings. The number of imidazole rings is 1. The molecular formula is C9H13N2O2+. The third-order valence-corrected chi connectivity index (χ3v) is 1.69. The first-order chi connectivity index (χ1) is 6.13. The summed E-state index contributed by atoms with van der Waals surface area (Å²) in [6, 6.07) is 0. The van der Waals surface area contributed by atoms with E-state index in [9.17, 15) is 4.79 Å². The Bertz CT molecular complexity index is 339. The van der Waals surface area contributed by atoms with Gasteiger partial charge in [0.2, 0.25) is 6.33 Å². The molecule has 0 bridgehead atoms. The van der Waals surface area contributed by atoms with Crippen LogP contribution in [-0.2, 0) is 23.6 Å². The van der Waals surface area contributed by atoms with Gasteiger partial charge in [0, 0.05) is 6.08 Å². The second kappa shape index (κ2) is 3.89. The van der Waals surface area contributed by atoms with Crippen molar-refractivity contribution < 1.29 is 14.1 Å². The van der Waals surface area contributed by atoms with E-state index >= 15 is 0 Å². The van der Waals surface area contributed by atoms with Gasteiger partial charge in [-0.1, -0.05) is 0 Å². The lowest BCUT2D eigenvalue weighted by molar-refractivity contribution is -0.671. The van der Waals surface area contributed by atoms with E-state index in [1.807, 2.05) is 35.8 Å². The highest BCUT2D eigenvalue weighted by molar-refractivity contribution is 5.86. The van der Waals surface area contributed by atoms with Crippen molar-refractivity contribution in [2.75, 3.05) is 7.11 Å². The van der Waals surface area contributed by atoms with Crippen molar-refractivity contribution in [1.29, 1.82) is 0 Å².